The molecule has 2 aromatic carbocycles. The first kappa shape index (κ1) is 16.4. The van der Waals surface area contributed by atoms with Crippen LogP contribution in [0.15, 0.2) is 40.6 Å². The SMILES string of the molecule is COc1cccc(OC)c1N=Nc1c(OC)cc(N)cc1OC. The largest absolute Gasteiger partial charge is 0.494 e. The molecule has 0 amide bonds. The van der Waals surface area contributed by atoms with Gasteiger partial charge in [0.25, 0.3) is 0 Å². The molecule has 0 radical (unpaired) electrons. The Balaban J connectivity index is 2.53. The van der Waals surface area contributed by atoms with Crippen molar-refractivity contribution in [2.45, 2.75) is 0 Å². The fraction of sp³-hybridized carbons (Fsp3) is 0.250. The van der Waals surface area contributed by atoms with Crippen molar-refractivity contribution in [3.05, 3.63) is 30.3 Å². The predicted octanol–water partition coefficient (Wildman–Crippen LogP) is 3.72. The molecular formula is C16H19N3O4. The molecule has 0 aliphatic carbocycles. The second kappa shape index (κ2) is 7.35. The minimum Gasteiger partial charge on any atom is -0.494 e. The zero-order valence-corrected chi connectivity index (χ0v) is 13.5. The third kappa shape index (κ3) is 3.45. The number of hydrogen-bond donors (Lipinski definition) is 1. The normalized spacial score (nSPS) is 10.6. The second-order valence-corrected chi connectivity index (χ2v) is 4.49. The van der Waals surface area contributed by atoms with Crippen molar-refractivity contribution < 1.29 is 18.9 Å². The van der Waals surface area contributed by atoms with Gasteiger partial charge in [-0.1, -0.05) is 6.07 Å². The maximum atomic E-state index is 5.81. The lowest BCUT2D eigenvalue weighted by Gasteiger charge is -2.11. The molecule has 7 heteroatoms. The van der Waals surface area contributed by atoms with Crippen molar-refractivity contribution in [2.75, 3.05) is 34.2 Å². The Bertz CT molecular complexity index is 669. The van der Waals surface area contributed by atoms with Crippen molar-refractivity contribution in [3.8, 4) is 23.0 Å². The van der Waals surface area contributed by atoms with E-state index in [4.69, 9.17) is 24.7 Å². The Labute approximate surface area is 134 Å². The highest BCUT2D eigenvalue weighted by atomic mass is 16.5. The maximum absolute atomic E-state index is 5.81. The van der Waals surface area contributed by atoms with Gasteiger partial charge in [-0.3, -0.25) is 0 Å². The van der Waals surface area contributed by atoms with Crippen molar-refractivity contribution in [3.63, 3.8) is 0 Å². The van der Waals surface area contributed by atoms with Crippen molar-refractivity contribution >= 4 is 17.1 Å². The van der Waals surface area contributed by atoms with Gasteiger partial charge in [0.15, 0.2) is 22.9 Å². The van der Waals surface area contributed by atoms with Crippen LogP contribution in [0.4, 0.5) is 17.1 Å². The standard InChI is InChI=1S/C16H19N3O4/c1-20-11-6-5-7-12(21-2)15(11)18-19-16-13(22-3)8-10(17)9-14(16)23-4/h5-9H,17H2,1-4H3. The van der Waals surface area contributed by atoms with Crippen LogP contribution >= 0.6 is 0 Å². The Morgan fingerprint density at radius 2 is 1.09 bits per heavy atom. The first-order valence-corrected chi connectivity index (χ1v) is 6.78. The lowest BCUT2D eigenvalue weighted by Crippen LogP contribution is -1.93. The van der Waals surface area contributed by atoms with E-state index in [-0.39, 0.29) is 0 Å². The van der Waals surface area contributed by atoms with Gasteiger partial charge in [-0.05, 0) is 12.1 Å². The van der Waals surface area contributed by atoms with E-state index in [9.17, 15) is 0 Å². The minimum atomic E-state index is 0.428. The highest BCUT2D eigenvalue weighted by Crippen LogP contribution is 2.43. The monoisotopic (exact) mass is 317 g/mol. The molecule has 23 heavy (non-hydrogen) atoms. The molecule has 0 bridgehead atoms. The van der Waals surface area contributed by atoms with Gasteiger partial charge in [-0.2, -0.15) is 0 Å². The molecule has 2 N–H and O–H groups in total. The average molecular weight is 317 g/mol. The van der Waals surface area contributed by atoms with E-state index in [1.807, 2.05) is 0 Å². The smallest absolute Gasteiger partial charge is 0.170 e. The van der Waals surface area contributed by atoms with Crippen LogP contribution in [0.5, 0.6) is 23.0 Å². The second-order valence-electron chi connectivity index (χ2n) is 4.49. The summed E-state index contributed by atoms with van der Waals surface area (Å²) in [5.74, 6) is 2.00. The van der Waals surface area contributed by atoms with Crippen molar-refractivity contribution in [1.29, 1.82) is 0 Å². The average Bonchev–Trinajstić information content (AvgIpc) is 2.59. The Morgan fingerprint density at radius 3 is 1.48 bits per heavy atom. The molecule has 0 aromatic heterocycles. The Morgan fingerprint density at radius 1 is 0.696 bits per heavy atom. The topological polar surface area (TPSA) is 87.7 Å². The van der Waals surface area contributed by atoms with Gasteiger partial charge in [0.2, 0.25) is 0 Å². The Hall–Kier alpha value is -2.96. The molecule has 0 saturated heterocycles. The molecule has 122 valence electrons. The summed E-state index contributed by atoms with van der Waals surface area (Å²) < 4.78 is 21.2. The molecule has 0 aliphatic rings. The number of ether oxygens (including phenoxy) is 4. The van der Waals surface area contributed by atoms with Gasteiger partial charge in [0, 0.05) is 17.8 Å². The molecule has 0 atom stereocenters. The van der Waals surface area contributed by atoms with Gasteiger partial charge >= 0.3 is 0 Å². The summed E-state index contributed by atoms with van der Waals surface area (Å²) in [6.45, 7) is 0. The molecular weight excluding hydrogens is 298 g/mol. The predicted molar refractivity (Wildman–Crippen MR) is 87.7 cm³/mol. The molecule has 0 heterocycles. The van der Waals surface area contributed by atoms with E-state index in [1.165, 1.54) is 14.2 Å². The zero-order valence-electron chi connectivity index (χ0n) is 13.5. The first-order valence-electron chi connectivity index (χ1n) is 6.78. The minimum absolute atomic E-state index is 0.428. The third-order valence-corrected chi connectivity index (χ3v) is 3.15. The maximum Gasteiger partial charge on any atom is 0.170 e. The Kier molecular flexibility index (Phi) is 5.24. The fourth-order valence-electron chi connectivity index (χ4n) is 2.04. The van der Waals surface area contributed by atoms with E-state index in [1.54, 1.807) is 44.6 Å². The van der Waals surface area contributed by atoms with Crippen LogP contribution in [-0.4, -0.2) is 28.4 Å². The molecule has 0 aliphatic heterocycles. The highest BCUT2D eigenvalue weighted by molar-refractivity contribution is 5.69. The van der Waals surface area contributed by atoms with Gasteiger partial charge in [0.1, 0.15) is 11.5 Å². The van der Waals surface area contributed by atoms with Crippen LogP contribution in [0.1, 0.15) is 0 Å². The number of benzene rings is 2. The number of nitrogens with two attached hydrogens (primary N) is 1. The highest BCUT2D eigenvalue weighted by Gasteiger charge is 2.13. The van der Waals surface area contributed by atoms with Gasteiger partial charge < -0.3 is 24.7 Å². The summed E-state index contributed by atoms with van der Waals surface area (Å²) in [6.07, 6.45) is 0. The summed E-state index contributed by atoms with van der Waals surface area (Å²) in [5.41, 5.74) is 7.21. The van der Waals surface area contributed by atoms with Crippen LogP contribution in [0.25, 0.3) is 0 Å². The van der Waals surface area contributed by atoms with Gasteiger partial charge in [-0.25, -0.2) is 0 Å². The quantitative estimate of drug-likeness (QED) is 0.648. The number of azo groups is 1. The van der Waals surface area contributed by atoms with Crippen molar-refractivity contribution in [2.24, 2.45) is 10.2 Å². The number of rotatable bonds is 6. The molecule has 2 aromatic rings. The van der Waals surface area contributed by atoms with E-state index in [0.29, 0.717) is 40.1 Å². The van der Waals surface area contributed by atoms with Gasteiger partial charge in [0.05, 0.1) is 28.4 Å². The number of anilines is 1. The zero-order chi connectivity index (χ0) is 16.8. The molecule has 0 saturated carbocycles. The molecule has 0 unspecified atom stereocenters. The molecule has 7 nitrogen and oxygen atoms in total. The van der Waals surface area contributed by atoms with E-state index < -0.39 is 0 Å². The number of hydrogen-bond acceptors (Lipinski definition) is 7. The lowest BCUT2D eigenvalue weighted by molar-refractivity contribution is 0.394. The summed E-state index contributed by atoms with van der Waals surface area (Å²) in [5, 5.41) is 8.47. The number of methoxy groups -OCH3 is 4. The van der Waals surface area contributed by atoms with E-state index in [2.05, 4.69) is 10.2 Å². The van der Waals surface area contributed by atoms with Gasteiger partial charge in [-0.15, -0.1) is 10.2 Å². The van der Waals surface area contributed by atoms with Crippen LogP contribution in [0.2, 0.25) is 0 Å². The summed E-state index contributed by atoms with van der Waals surface area (Å²) >= 11 is 0. The summed E-state index contributed by atoms with van der Waals surface area (Å²) in [7, 11) is 6.16. The van der Waals surface area contributed by atoms with Crippen LogP contribution in [0, 0.1) is 0 Å². The van der Waals surface area contributed by atoms with Crippen LogP contribution in [-0.2, 0) is 0 Å². The molecule has 2 rings (SSSR count). The number of nitrogen functional groups attached to an aromatic ring is 1. The first-order chi connectivity index (χ1) is 11.1. The number of nitrogens with zero attached hydrogens (tertiary/aromatic N) is 2. The molecule has 0 fully saturated rings. The third-order valence-electron chi connectivity index (χ3n) is 3.15. The molecule has 0 spiro atoms. The fourth-order valence-corrected chi connectivity index (χ4v) is 2.04. The lowest BCUT2D eigenvalue weighted by atomic mass is 10.2. The summed E-state index contributed by atoms with van der Waals surface area (Å²) in [6, 6.07) is 8.65. The van der Waals surface area contributed by atoms with E-state index >= 15 is 0 Å². The summed E-state index contributed by atoms with van der Waals surface area (Å²) in [4.78, 5) is 0. The van der Waals surface area contributed by atoms with E-state index in [0.717, 1.165) is 0 Å². The van der Waals surface area contributed by atoms with Crippen molar-refractivity contribution in [1.82, 2.24) is 0 Å². The van der Waals surface area contributed by atoms with Crippen LogP contribution < -0.4 is 24.7 Å². The van der Waals surface area contributed by atoms with Crippen LogP contribution in [0.3, 0.4) is 0 Å².